The Balaban J connectivity index is 2.59. The summed E-state index contributed by atoms with van der Waals surface area (Å²) in [6.07, 6.45) is -5.68. The van der Waals surface area contributed by atoms with Crippen molar-refractivity contribution in [2.24, 2.45) is 0 Å². The molecule has 0 unspecified atom stereocenters. The molecule has 0 bridgehead atoms. The second-order valence-corrected chi connectivity index (χ2v) is 4.46. The number of nitrogens with one attached hydrogen (secondary N) is 1. The van der Waals surface area contributed by atoms with Crippen LogP contribution in [0.25, 0.3) is 0 Å². The molecular weight excluding hydrogens is 303 g/mol. The van der Waals surface area contributed by atoms with Crippen molar-refractivity contribution in [1.29, 1.82) is 0 Å². The van der Waals surface area contributed by atoms with Crippen molar-refractivity contribution in [3.05, 3.63) is 23.8 Å². The summed E-state index contributed by atoms with van der Waals surface area (Å²) in [5.74, 6) is 0.463. The Morgan fingerprint density at radius 3 is 2.50 bits per heavy atom. The van der Waals surface area contributed by atoms with Gasteiger partial charge in [0.2, 0.25) is 5.91 Å². The minimum absolute atomic E-state index is 0.0823. The van der Waals surface area contributed by atoms with Gasteiger partial charge in [-0.1, -0.05) is 0 Å². The van der Waals surface area contributed by atoms with Crippen molar-refractivity contribution < 1.29 is 32.2 Å². The van der Waals surface area contributed by atoms with Gasteiger partial charge in [0.1, 0.15) is 24.2 Å². The lowest BCUT2D eigenvalue weighted by atomic mass is 10.2. The van der Waals surface area contributed by atoms with Crippen LogP contribution in [0.4, 0.5) is 13.2 Å². The number of rotatable bonds is 7. The van der Waals surface area contributed by atoms with Crippen molar-refractivity contribution >= 4 is 5.91 Å². The third-order valence-electron chi connectivity index (χ3n) is 2.81. The van der Waals surface area contributed by atoms with Crippen LogP contribution in [-0.2, 0) is 16.1 Å². The molecule has 1 atom stereocenters. The van der Waals surface area contributed by atoms with Crippen LogP contribution in [0.3, 0.4) is 0 Å². The molecule has 0 aliphatic carbocycles. The molecule has 0 saturated carbocycles. The number of amides is 1. The number of carbonyl (C=O) groups excluding carboxylic acids is 1. The minimum atomic E-state index is -4.47. The molecule has 0 radical (unpaired) electrons. The largest absolute Gasteiger partial charge is 0.497 e. The summed E-state index contributed by atoms with van der Waals surface area (Å²) in [6, 6.07) is 5.03. The molecule has 0 heterocycles. The van der Waals surface area contributed by atoms with Crippen LogP contribution in [-0.4, -0.2) is 39.0 Å². The molecule has 124 valence electrons. The van der Waals surface area contributed by atoms with E-state index in [4.69, 9.17) is 9.47 Å². The zero-order valence-electron chi connectivity index (χ0n) is 12.5. The van der Waals surface area contributed by atoms with E-state index >= 15 is 0 Å². The Kier molecular flexibility index (Phi) is 6.48. The Labute approximate surface area is 126 Å². The Bertz CT molecular complexity index is 505. The average molecular weight is 321 g/mol. The molecule has 8 heteroatoms. The standard InChI is InChI=1S/C14H18F3NO4/c1-9(22-8-14(15,16)17)13(19)18-7-10-6-11(20-2)4-5-12(10)21-3/h4-6,9H,7-8H2,1-3H3,(H,18,19)/t9-/m1/s1. The van der Waals surface area contributed by atoms with E-state index in [2.05, 4.69) is 10.1 Å². The third-order valence-corrected chi connectivity index (χ3v) is 2.81. The van der Waals surface area contributed by atoms with E-state index in [1.54, 1.807) is 18.2 Å². The van der Waals surface area contributed by atoms with Gasteiger partial charge in [-0.05, 0) is 25.1 Å². The normalized spacial score (nSPS) is 12.6. The molecule has 0 aliphatic rings. The van der Waals surface area contributed by atoms with E-state index in [0.29, 0.717) is 17.1 Å². The van der Waals surface area contributed by atoms with Crippen molar-refractivity contribution in [1.82, 2.24) is 5.32 Å². The van der Waals surface area contributed by atoms with Crippen molar-refractivity contribution in [2.75, 3.05) is 20.8 Å². The quantitative estimate of drug-likeness (QED) is 0.837. The second-order valence-electron chi connectivity index (χ2n) is 4.46. The number of methoxy groups -OCH3 is 2. The predicted octanol–water partition coefficient (Wildman–Crippen LogP) is 2.29. The predicted molar refractivity (Wildman–Crippen MR) is 72.9 cm³/mol. The fraction of sp³-hybridized carbons (Fsp3) is 0.500. The van der Waals surface area contributed by atoms with E-state index in [9.17, 15) is 18.0 Å². The van der Waals surface area contributed by atoms with Gasteiger partial charge in [0, 0.05) is 12.1 Å². The number of hydrogen-bond donors (Lipinski definition) is 1. The summed E-state index contributed by atoms with van der Waals surface area (Å²) in [5.41, 5.74) is 0.637. The first-order chi connectivity index (χ1) is 10.3. The van der Waals surface area contributed by atoms with Crippen LogP contribution >= 0.6 is 0 Å². The number of ether oxygens (including phenoxy) is 3. The number of hydrogen-bond acceptors (Lipinski definition) is 4. The molecular formula is C14H18F3NO4. The van der Waals surface area contributed by atoms with E-state index in [1.165, 1.54) is 21.1 Å². The van der Waals surface area contributed by atoms with E-state index in [1.807, 2.05) is 0 Å². The first kappa shape index (κ1) is 18.1. The lowest BCUT2D eigenvalue weighted by molar-refractivity contribution is -0.185. The maximum absolute atomic E-state index is 12.0. The maximum Gasteiger partial charge on any atom is 0.411 e. The SMILES string of the molecule is COc1ccc(OC)c(CNC(=O)[C@@H](C)OCC(F)(F)F)c1. The van der Waals surface area contributed by atoms with Crippen LogP contribution in [0.5, 0.6) is 11.5 Å². The highest BCUT2D eigenvalue weighted by Gasteiger charge is 2.29. The molecule has 0 fully saturated rings. The van der Waals surface area contributed by atoms with Gasteiger partial charge in [-0.3, -0.25) is 4.79 Å². The van der Waals surface area contributed by atoms with Gasteiger partial charge in [0.15, 0.2) is 0 Å². The van der Waals surface area contributed by atoms with Crippen LogP contribution < -0.4 is 14.8 Å². The van der Waals surface area contributed by atoms with E-state index < -0.39 is 24.8 Å². The zero-order valence-corrected chi connectivity index (χ0v) is 12.5. The molecule has 1 N–H and O–H groups in total. The van der Waals surface area contributed by atoms with Gasteiger partial charge in [0.25, 0.3) is 0 Å². The lowest BCUT2D eigenvalue weighted by Crippen LogP contribution is -2.36. The van der Waals surface area contributed by atoms with Gasteiger partial charge < -0.3 is 19.5 Å². The highest BCUT2D eigenvalue weighted by Crippen LogP contribution is 2.23. The first-order valence-electron chi connectivity index (χ1n) is 6.43. The van der Waals surface area contributed by atoms with Crippen LogP contribution in [0.1, 0.15) is 12.5 Å². The van der Waals surface area contributed by atoms with Crippen LogP contribution in [0.2, 0.25) is 0 Å². The van der Waals surface area contributed by atoms with Gasteiger partial charge >= 0.3 is 6.18 Å². The Morgan fingerprint density at radius 1 is 1.27 bits per heavy atom. The minimum Gasteiger partial charge on any atom is -0.497 e. The number of carbonyl (C=O) groups is 1. The maximum atomic E-state index is 12.0. The van der Waals surface area contributed by atoms with E-state index in [0.717, 1.165) is 0 Å². The summed E-state index contributed by atoms with van der Waals surface area (Å²) < 4.78 is 50.8. The van der Waals surface area contributed by atoms with Crippen molar-refractivity contribution in [2.45, 2.75) is 25.7 Å². The van der Waals surface area contributed by atoms with Crippen molar-refractivity contribution in [3.63, 3.8) is 0 Å². The van der Waals surface area contributed by atoms with Crippen molar-refractivity contribution in [3.8, 4) is 11.5 Å². The fourth-order valence-corrected chi connectivity index (χ4v) is 1.64. The molecule has 22 heavy (non-hydrogen) atoms. The van der Waals surface area contributed by atoms with Gasteiger partial charge in [-0.25, -0.2) is 0 Å². The first-order valence-corrected chi connectivity index (χ1v) is 6.43. The molecule has 0 aromatic heterocycles. The monoisotopic (exact) mass is 321 g/mol. The summed E-state index contributed by atoms with van der Waals surface area (Å²) in [7, 11) is 2.97. The Morgan fingerprint density at radius 2 is 1.95 bits per heavy atom. The van der Waals surface area contributed by atoms with Crippen LogP contribution in [0.15, 0.2) is 18.2 Å². The number of halogens is 3. The molecule has 5 nitrogen and oxygen atoms in total. The molecule has 0 saturated heterocycles. The van der Waals surface area contributed by atoms with Crippen LogP contribution in [0, 0.1) is 0 Å². The highest BCUT2D eigenvalue weighted by atomic mass is 19.4. The Hall–Kier alpha value is -1.96. The molecule has 1 aromatic rings. The average Bonchev–Trinajstić information content (AvgIpc) is 2.48. The number of alkyl halides is 3. The zero-order chi connectivity index (χ0) is 16.8. The fourth-order valence-electron chi connectivity index (χ4n) is 1.64. The number of benzene rings is 1. The topological polar surface area (TPSA) is 56.8 Å². The molecule has 0 aliphatic heterocycles. The second kappa shape index (κ2) is 7.88. The summed E-state index contributed by atoms with van der Waals surface area (Å²) in [4.78, 5) is 11.7. The lowest BCUT2D eigenvalue weighted by Gasteiger charge is -2.16. The van der Waals surface area contributed by atoms with E-state index in [-0.39, 0.29) is 6.54 Å². The third kappa shape index (κ3) is 5.80. The summed E-state index contributed by atoms with van der Waals surface area (Å²) in [5, 5.41) is 2.49. The van der Waals surface area contributed by atoms with Gasteiger partial charge in [0.05, 0.1) is 14.2 Å². The summed E-state index contributed by atoms with van der Waals surface area (Å²) >= 11 is 0. The molecule has 1 aromatic carbocycles. The molecule has 1 rings (SSSR count). The molecule has 0 spiro atoms. The smallest absolute Gasteiger partial charge is 0.411 e. The highest BCUT2D eigenvalue weighted by molar-refractivity contribution is 5.80. The van der Waals surface area contributed by atoms with Gasteiger partial charge in [-0.15, -0.1) is 0 Å². The van der Waals surface area contributed by atoms with Gasteiger partial charge in [-0.2, -0.15) is 13.2 Å². The summed E-state index contributed by atoms with van der Waals surface area (Å²) in [6.45, 7) is -0.132. The molecule has 1 amide bonds.